The minimum atomic E-state index is -3.31. The van der Waals surface area contributed by atoms with Gasteiger partial charge >= 0.3 is 0 Å². The van der Waals surface area contributed by atoms with Crippen molar-refractivity contribution >= 4 is 39.0 Å². The minimum absolute atomic E-state index is 0.0447. The average molecular weight is 254 g/mol. The lowest BCUT2D eigenvalue weighted by atomic mass is 10.5. The molecular weight excluding hydrogens is 240 g/mol. The van der Waals surface area contributed by atoms with Crippen LogP contribution in [0.15, 0.2) is 0 Å². The molecule has 0 aromatic carbocycles. The van der Waals surface area contributed by atoms with Gasteiger partial charge < -0.3 is 5.73 Å². The molecule has 0 aromatic rings. The van der Waals surface area contributed by atoms with Gasteiger partial charge in [0.25, 0.3) is 0 Å². The largest absolute Gasteiger partial charge is 0.392 e. The second kappa shape index (κ2) is 4.78. The third-order valence-corrected chi connectivity index (χ3v) is 5.86. The molecule has 82 valence electrons. The quantitative estimate of drug-likeness (QED) is 0.721. The van der Waals surface area contributed by atoms with Crippen LogP contribution in [0.3, 0.4) is 0 Å². The van der Waals surface area contributed by atoms with E-state index in [1.165, 1.54) is 4.31 Å². The van der Waals surface area contributed by atoms with Gasteiger partial charge in [-0.3, -0.25) is 0 Å². The van der Waals surface area contributed by atoms with E-state index in [1.807, 2.05) is 0 Å². The van der Waals surface area contributed by atoms with Crippen molar-refractivity contribution in [3.8, 4) is 0 Å². The second-order valence-corrected chi connectivity index (χ2v) is 7.05. The third-order valence-electron chi connectivity index (χ3n) is 2.18. The fourth-order valence-corrected chi connectivity index (χ4v) is 4.10. The Hall–Kier alpha value is 0.150. The van der Waals surface area contributed by atoms with E-state index >= 15 is 0 Å². The van der Waals surface area contributed by atoms with Crippen LogP contribution >= 0.6 is 24.0 Å². The highest BCUT2D eigenvalue weighted by atomic mass is 32.2. The molecule has 1 aliphatic heterocycles. The molecule has 0 aliphatic carbocycles. The van der Waals surface area contributed by atoms with Gasteiger partial charge in [-0.1, -0.05) is 12.2 Å². The van der Waals surface area contributed by atoms with Crippen LogP contribution in [0.5, 0.6) is 0 Å². The summed E-state index contributed by atoms with van der Waals surface area (Å²) in [6.45, 7) is 2.68. The molecule has 1 rings (SSSR count). The van der Waals surface area contributed by atoms with Crippen LogP contribution in [0.1, 0.15) is 6.92 Å². The Kier molecular flexibility index (Phi) is 4.17. The summed E-state index contributed by atoms with van der Waals surface area (Å²) in [5.74, 6) is 1.70. The molecule has 2 N–H and O–H groups in total. The Labute approximate surface area is 94.3 Å². The van der Waals surface area contributed by atoms with E-state index in [0.717, 1.165) is 11.5 Å². The molecule has 1 atom stereocenters. The van der Waals surface area contributed by atoms with Gasteiger partial charge in [-0.2, -0.15) is 16.1 Å². The molecule has 4 nitrogen and oxygen atoms in total. The van der Waals surface area contributed by atoms with Crippen LogP contribution in [0.4, 0.5) is 0 Å². The van der Waals surface area contributed by atoms with Crippen molar-refractivity contribution in [1.29, 1.82) is 0 Å². The van der Waals surface area contributed by atoms with Gasteiger partial charge in [-0.15, -0.1) is 0 Å². The second-order valence-electron chi connectivity index (χ2n) is 3.10. The van der Waals surface area contributed by atoms with Gasteiger partial charge in [-0.05, 0) is 6.92 Å². The number of thiocarbonyl (C=S) groups is 1. The van der Waals surface area contributed by atoms with Crippen molar-refractivity contribution < 1.29 is 8.42 Å². The van der Waals surface area contributed by atoms with Crippen molar-refractivity contribution in [2.45, 2.75) is 12.2 Å². The smallest absolute Gasteiger partial charge is 0.223 e. The SMILES string of the molecule is CC(C(N)=S)S(=O)(=O)N1CCSCC1. The summed E-state index contributed by atoms with van der Waals surface area (Å²) in [5, 5.41) is -0.749. The zero-order chi connectivity index (χ0) is 10.8. The zero-order valence-corrected chi connectivity index (χ0v) is 10.4. The highest BCUT2D eigenvalue weighted by Gasteiger charge is 2.31. The molecule has 14 heavy (non-hydrogen) atoms. The molecule has 1 aliphatic rings. The maximum atomic E-state index is 11.9. The molecule has 1 fully saturated rings. The summed E-state index contributed by atoms with van der Waals surface area (Å²) in [4.78, 5) is 0.0447. The Morgan fingerprint density at radius 1 is 1.50 bits per heavy atom. The van der Waals surface area contributed by atoms with Crippen molar-refractivity contribution in [1.82, 2.24) is 4.31 Å². The minimum Gasteiger partial charge on any atom is -0.392 e. The first-order valence-corrected chi connectivity index (χ1v) is 7.39. The predicted octanol–water partition coefficient (Wildman–Crippen LogP) is 0.0396. The molecule has 0 aromatic heterocycles. The monoisotopic (exact) mass is 254 g/mol. The number of nitrogens with two attached hydrogens (primary N) is 1. The van der Waals surface area contributed by atoms with Gasteiger partial charge in [0.1, 0.15) is 5.25 Å². The molecule has 0 radical (unpaired) electrons. The molecule has 1 heterocycles. The predicted molar refractivity (Wildman–Crippen MR) is 64.1 cm³/mol. The molecule has 0 bridgehead atoms. The van der Waals surface area contributed by atoms with E-state index in [1.54, 1.807) is 18.7 Å². The lowest BCUT2D eigenvalue weighted by Crippen LogP contribution is -2.46. The summed E-state index contributed by atoms with van der Waals surface area (Å²) in [6, 6.07) is 0. The fraction of sp³-hybridized carbons (Fsp3) is 0.857. The standard InChI is InChI=1S/C7H14N2O2S3/c1-6(7(8)12)14(10,11)9-2-4-13-5-3-9/h6H,2-5H2,1H3,(H2,8,12). The molecule has 0 saturated carbocycles. The van der Waals surface area contributed by atoms with Crippen LogP contribution < -0.4 is 5.73 Å². The Morgan fingerprint density at radius 2 is 2.00 bits per heavy atom. The van der Waals surface area contributed by atoms with Gasteiger partial charge in [0, 0.05) is 24.6 Å². The van der Waals surface area contributed by atoms with E-state index in [9.17, 15) is 8.42 Å². The highest BCUT2D eigenvalue weighted by Crippen LogP contribution is 2.16. The van der Waals surface area contributed by atoms with Crippen molar-refractivity contribution in [3.05, 3.63) is 0 Å². The fourth-order valence-electron chi connectivity index (χ4n) is 1.17. The van der Waals surface area contributed by atoms with Crippen molar-refractivity contribution in [3.63, 3.8) is 0 Å². The van der Waals surface area contributed by atoms with Crippen LogP contribution in [-0.4, -0.2) is 47.6 Å². The maximum absolute atomic E-state index is 11.9. The average Bonchev–Trinajstić information content (AvgIpc) is 2.18. The molecular formula is C7H14N2O2S3. The van der Waals surface area contributed by atoms with Gasteiger partial charge in [0.2, 0.25) is 10.0 Å². The Bertz CT molecular complexity index is 309. The number of thioether (sulfide) groups is 1. The van der Waals surface area contributed by atoms with E-state index in [-0.39, 0.29) is 4.99 Å². The number of sulfonamides is 1. The summed E-state index contributed by atoms with van der Waals surface area (Å²) in [7, 11) is -3.31. The van der Waals surface area contributed by atoms with Gasteiger partial charge in [0.15, 0.2) is 0 Å². The van der Waals surface area contributed by atoms with Gasteiger partial charge in [-0.25, -0.2) is 8.42 Å². The van der Waals surface area contributed by atoms with E-state index in [4.69, 9.17) is 18.0 Å². The zero-order valence-electron chi connectivity index (χ0n) is 7.97. The molecule has 0 spiro atoms. The van der Waals surface area contributed by atoms with E-state index < -0.39 is 15.3 Å². The van der Waals surface area contributed by atoms with E-state index in [2.05, 4.69) is 0 Å². The first-order chi connectivity index (χ1) is 6.46. The number of hydrogen-bond donors (Lipinski definition) is 1. The first-order valence-electron chi connectivity index (χ1n) is 4.32. The normalized spacial score (nSPS) is 21.8. The molecule has 7 heteroatoms. The van der Waals surface area contributed by atoms with Crippen LogP contribution in [0.2, 0.25) is 0 Å². The molecule has 1 saturated heterocycles. The first kappa shape index (κ1) is 12.2. The summed E-state index contributed by atoms with van der Waals surface area (Å²) >= 11 is 6.47. The van der Waals surface area contributed by atoms with Crippen LogP contribution in [-0.2, 0) is 10.0 Å². The number of rotatable bonds is 3. The highest BCUT2D eigenvalue weighted by molar-refractivity contribution is 7.99. The number of nitrogens with zero attached hydrogens (tertiary/aromatic N) is 1. The maximum Gasteiger partial charge on any atom is 0.223 e. The lowest BCUT2D eigenvalue weighted by Gasteiger charge is -2.28. The van der Waals surface area contributed by atoms with Crippen LogP contribution in [0, 0.1) is 0 Å². The third kappa shape index (κ3) is 2.59. The molecule has 0 amide bonds. The summed E-state index contributed by atoms with van der Waals surface area (Å²) in [6.07, 6.45) is 0. The van der Waals surface area contributed by atoms with Gasteiger partial charge in [0.05, 0.1) is 4.99 Å². The summed E-state index contributed by atoms with van der Waals surface area (Å²) < 4.78 is 25.2. The van der Waals surface area contributed by atoms with Crippen LogP contribution in [0.25, 0.3) is 0 Å². The Morgan fingerprint density at radius 3 is 2.43 bits per heavy atom. The summed E-state index contributed by atoms with van der Waals surface area (Å²) in [5.41, 5.74) is 5.35. The lowest BCUT2D eigenvalue weighted by molar-refractivity contribution is 0.441. The van der Waals surface area contributed by atoms with E-state index in [0.29, 0.717) is 13.1 Å². The number of hydrogen-bond acceptors (Lipinski definition) is 4. The van der Waals surface area contributed by atoms with Crippen molar-refractivity contribution in [2.24, 2.45) is 5.73 Å². The topological polar surface area (TPSA) is 63.4 Å². The molecule has 1 unspecified atom stereocenters. The van der Waals surface area contributed by atoms with Crippen molar-refractivity contribution in [2.75, 3.05) is 24.6 Å². The Balaban J connectivity index is 2.78.